The summed E-state index contributed by atoms with van der Waals surface area (Å²) in [5, 5.41) is 14.6. The average molecular weight is 272 g/mol. The normalized spacial score (nSPS) is 15.2. The van der Waals surface area contributed by atoms with Gasteiger partial charge < -0.3 is 15.2 Å². The molecule has 0 saturated carbocycles. The fraction of sp³-hybridized carbons (Fsp3) is 0.692. The van der Waals surface area contributed by atoms with Crippen LogP contribution in [-0.4, -0.2) is 42.9 Å². The Morgan fingerprint density at radius 1 is 1.47 bits per heavy atom. The van der Waals surface area contributed by atoms with Crippen LogP contribution in [0.4, 0.5) is 0 Å². The van der Waals surface area contributed by atoms with Gasteiger partial charge in [-0.15, -0.1) is 6.58 Å². The molecular weight excluding hydrogens is 248 g/mol. The zero-order valence-electron chi connectivity index (χ0n) is 11.8. The van der Waals surface area contributed by atoms with Crippen LogP contribution < -0.4 is 10.6 Å². The van der Waals surface area contributed by atoms with Crippen LogP contribution in [0.1, 0.15) is 26.7 Å². The maximum Gasteiger partial charge on any atom is 0.323 e. The highest BCUT2D eigenvalue weighted by Crippen LogP contribution is 2.14. The molecule has 0 heterocycles. The molecule has 3 N–H and O–H groups in total. The number of carbonyl (C=O) groups excluding carboxylic acids is 2. The molecule has 0 spiro atoms. The second-order valence-corrected chi connectivity index (χ2v) is 4.22. The SMILES string of the molecule is C=CCC(C[C@H](NC(C)O)C(=O)OCC)C(=O)NC. The molecule has 0 radical (unpaired) electrons. The number of ether oxygens (including phenoxy) is 1. The minimum absolute atomic E-state index is 0.165. The van der Waals surface area contributed by atoms with Gasteiger partial charge in [-0.25, -0.2) is 0 Å². The molecule has 0 saturated heterocycles. The van der Waals surface area contributed by atoms with Crippen molar-refractivity contribution in [1.82, 2.24) is 10.6 Å². The zero-order valence-corrected chi connectivity index (χ0v) is 11.8. The number of aliphatic hydroxyl groups is 1. The number of esters is 1. The summed E-state index contributed by atoms with van der Waals surface area (Å²) in [5.41, 5.74) is 0. The zero-order chi connectivity index (χ0) is 14.8. The summed E-state index contributed by atoms with van der Waals surface area (Å²) in [6.45, 7) is 7.07. The summed E-state index contributed by atoms with van der Waals surface area (Å²) in [7, 11) is 1.54. The molecule has 0 bridgehead atoms. The second kappa shape index (κ2) is 9.52. The first-order valence-corrected chi connectivity index (χ1v) is 6.39. The summed E-state index contributed by atoms with van der Waals surface area (Å²) >= 11 is 0. The van der Waals surface area contributed by atoms with E-state index in [0.29, 0.717) is 6.42 Å². The number of hydrogen-bond donors (Lipinski definition) is 3. The van der Waals surface area contributed by atoms with Crippen molar-refractivity contribution < 1.29 is 19.4 Å². The highest BCUT2D eigenvalue weighted by Gasteiger charge is 2.27. The summed E-state index contributed by atoms with van der Waals surface area (Å²) in [5.74, 6) is -1.02. The van der Waals surface area contributed by atoms with E-state index in [0.717, 1.165) is 0 Å². The lowest BCUT2D eigenvalue weighted by Gasteiger charge is -2.23. The van der Waals surface area contributed by atoms with Crippen LogP contribution in [0.25, 0.3) is 0 Å². The molecule has 0 aromatic heterocycles. The number of nitrogens with one attached hydrogen (secondary N) is 2. The van der Waals surface area contributed by atoms with Gasteiger partial charge in [-0.1, -0.05) is 6.08 Å². The summed E-state index contributed by atoms with van der Waals surface area (Å²) in [6.07, 6.45) is 1.47. The van der Waals surface area contributed by atoms with E-state index in [-0.39, 0.29) is 24.9 Å². The molecule has 1 amide bonds. The Morgan fingerprint density at radius 2 is 2.11 bits per heavy atom. The van der Waals surface area contributed by atoms with Gasteiger partial charge in [0, 0.05) is 13.0 Å². The van der Waals surface area contributed by atoms with Gasteiger partial charge >= 0.3 is 5.97 Å². The molecule has 0 aliphatic carbocycles. The Hall–Kier alpha value is -1.40. The lowest BCUT2D eigenvalue weighted by molar-refractivity contribution is -0.147. The van der Waals surface area contributed by atoms with Crippen molar-refractivity contribution in [3.63, 3.8) is 0 Å². The molecule has 6 nitrogen and oxygen atoms in total. The molecule has 0 fully saturated rings. The summed E-state index contributed by atoms with van der Waals surface area (Å²) in [4.78, 5) is 23.5. The summed E-state index contributed by atoms with van der Waals surface area (Å²) < 4.78 is 4.93. The van der Waals surface area contributed by atoms with Crippen molar-refractivity contribution in [2.75, 3.05) is 13.7 Å². The summed E-state index contributed by atoms with van der Waals surface area (Å²) in [6, 6.07) is -0.720. The van der Waals surface area contributed by atoms with Gasteiger partial charge in [-0.05, 0) is 26.7 Å². The third-order valence-corrected chi connectivity index (χ3v) is 2.60. The van der Waals surface area contributed by atoms with Crippen molar-refractivity contribution >= 4 is 11.9 Å². The maximum absolute atomic E-state index is 11.8. The van der Waals surface area contributed by atoms with Crippen molar-refractivity contribution in [1.29, 1.82) is 0 Å². The fourth-order valence-corrected chi connectivity index (χ4v) is 1.77. The van der Waals surface area contributed by atoms with Crippen molar-refractivity contribution in [2.45, 2.75) is 39.0 Å². The van der Waals surface area contributed by atoms with E-state index < -0.39 is 18.2 Å². The molecule has 0 aliphatic rings. The van der Waals surface area contributed by atoms with E-state index in [4.69, 9.17) is 4.74 Å². The van der Waals surface area contributed by atoms with Gasteiger partial charge in [0.25, 0.3) is 0 Å². The predicted octanol–water partition coefficient (Wildman–Crippen LogP) is 0.174. The number of aliphatic hydroxyl groups excluding tert-OH is 1. The minimum Gasteiger partial charge on any atom is -0.465 e. The molecule has 0 rings (SSSR count). The van der Waals surface area contributed by atoms with E-state index in [1.165, 1.54) is 6.92 Å². The second-order valence-electron chi connectivity index (χ2n) is 4.22. The van der Waals surface area contributed by atoms with Crippen LogP contribution in [0.5, 0.6) is 0 Å². The minimum atomic E-state index is -0.858. The molecule has 2 unspecified atom stereocenters. The maximum atomic E-state index is 11.8. The molecule has 0 aliphatic heterocycles. The average Bonchev–Trinajstić information content (AvgIpc) is 2.36. The first-order chi connectivity index (χ1) is 8.96. The number of hydrogen-bond acceptors (Lipinski definition) is 5. The molecule has 0 aromatic carbocycles. The number of amides is 1. The number of allylic oxidation sites excluding steroid dienone is 1. The van der Waals surface area contributed by atoms with Gasteiger partial charge in [0.15, 0.2) is 0 Å². The third kappa shape index (κ3) is 6.93. The van der Waals surface area contributed by atoms with Crippen molar-refractivity contribution in [3.05, 3.63) is 12.7 Å². The van der Waals surface area contributed by atoms with Gasteiger partial charge in [-0.2, -0.15) is 0 Å². The fourth-order valence-electron chi connectivity index (χ4n) is 1.77. The quantitative estimate of drug-likeness (QED) is 0.316. The monoisotopic (exact) mass is 272 g/mol. The topological polar surface area (TPSA) is 87.7 Å². The van der Waals surface area contributed by atoms with Gasteiger partial charge in [0.05, 0.1) is 6.61 Å². The Bertz CT molecular complexity index is 305. The third-order valence-electron chi connectivity index (χ3n) is 2.60. The van der Waals surface area contributed by atoms with Gasteiger partial charge in [-0.3, -0.25) is 14.9 Å². The van der Waals surface area contributed by atoms with Crippen LogP contribution >= 0.6 is 0 Å². The van der Waals surface area contributed by atoms with E-state index in [1.807, 2.05) is 0 Å². The van der Waals surface area contributed by atoms with E-state index in [9.17, 15) is 14.7 Å². The van der Waals surface area contributed by atoms with E-state index in [2.05, 4.69) is 17.2 Å². The molecule has 3 atom stereocenters. The lowest BCUT2D eigenvalue weighted by Crippen LogP contribution is -2.45. The molecule has 110 valence electrons. The Kier molecular flexibility index (Phi) is 8.82. The van der Waals surface area contributed by atoms with Gasteiger partial charge in [0.2, 0.25) is 5.91 Å². The first kappa shape index (κ1) is 17.6. The molecule has 0 aromatic rings. The molecular formula is C13H24N2O4. The van der Waals surface area contributed by atoms with Crippen molar-refractivity contribution in [2.24, 2.45) is 5.92 Å². The van der Waals surface area contributed by atoms with E-state index >= 15 is 0 Å². The van der Waals surface area contributed by atoms with E-state index in [1.54, 1.807) is 20.0 Å². The van der Waals surface area contributed by atoms with Crippen LogP contribution in [0.15, 0.2) is 12.7 Å². The standard InChI is InChI=1S/C13H24N2O4/c1-5-7-10(12(17)14-4)8-11(15-9(3)16)13(18)19-6-2/h5,9-11,15-16H,1,6-8H2,2-4H3,(H,14,17)/t9?,10?,11-/m0/s1. The van der Waals surface area contributed by atoms with Crippen LogP contribution in [0.2, 0.25) is 0 Å². The molecule has 6 heteroatoms. The van der Waals surface area contributed by atoms with Crippen LogP contribution in [-0.2, 0) is 14.3 Å². The predicted molar refractivity (Wildman–Crippen MR) is 72.2 cm³/mol. The Labute approximate surface area is 114 Å². The lowest BCUT2D eigenvalue weighted by atomic mass is 9.95. The molecule has 19 heavy (non-hydrogen) atoms. The van der Waals surface area contributed by atoms with Crippen LogP contribution in [0.3, 0.4) is 0 Å². The Morgan fingerprint density at radius 3 is 2.53 bits per heavy atom. The van der Waals surface area contributed by atoms with Crippen molar-refractivity contribution in [3.8, 4) is 0 Å². The smallest absolute Gasteiger partial charge is 0.323 e. The highest BCUT2D eigenvalue weighted by molar-refractivity contribution is 5.81. The number of carbonyl (C=O) groups is 2. The number of rotatable bonds is 9. The van der Waals surface area contributed by atoms with Gasteiger partial charge in [0.1, 0.15) is 12.3 Å². The highest BCUT2D eigenvalue weighted by atomic mass is 16.5. The van der Waals surface area contributed by atoms with Crippen LogP contribution in [0, 0.1) is 5.92 Å². The first-order valence-electron chi connectivity index (χ1n) is 6.39. The largest absolute Gasteiger partial charge is 0.465 e. The Balaban J connectivity index is 4.77.